The Kier molecular flexibility index (Phi) is 6.18. The highest BCUT2D eigenvalue weighted by Crippen LogP contribution is 2.51. The quantitative estimate of drug-likeness (QED) is 0.291. The van der Waals surface area contributed by atoms with Crippen molar-refractivity contribution in [3.63, 3.8) is 0 Å². The number of methoxy groups -OCH3 is 2. The molecular weight excluding hydrogens is 482 g/mol. The summed E-state index contributed by atoms with van der Waals surface area (Å²) in [4.78, 5) is 15.0. The van der Waals surface area contributed by atoms with Crippen LogP contribution in [0.1, 0.15) is 40.7 Å². The van der Waals surface area contributed by atoms with Gasteiger partial charge in [0, 0.05) is 46.2 Å². The molecule has 6 heteroatoms. The minimum atomic E-state index is -0.248. The third-order valence-electron chi connectivity index (χ3n) is 7.06. The molecule has 0 bridgehead atoms. The number of ketones is 1. The largest absolute Gasteiger partial charge is 0.493 e. The molecule has 0 saturated carbocycles. The van der Waals surface area contributed by atoms with Crippen LogP contribution < -0.4 is 19.5 Å². The SMILES string of the molecule is COc1cc2c(cc1OC)[C@H](c1cccc(Oc3ccccc3)c1)C1=C(C[C@@H](c3cccs3)CC1=O)N2. The number of rotatable bonds is 6. The zero-order valence-electron chi connectivity index (χ0n) is 20.7. The number of fused-ring (bicyclic) bond motifs is 1. The van der Waals surface area contributed by atoms with Gasteiger partial charge in [0.1, 0.15) is 11.5 Å². The highest BCUT2D eigenvalue weighted by Gasteiger charge is 2.39. The van der Waals surface area contributed by atoms with Crippen LogP contribution in [0.5, 0.6) is 23.0 Å². The molecule has 6 rings (SSSR count). The molecule has 2 aliphatic rings. The van der Waals surface area contributed by atoms with E-state index in [0.29, 0.717) is 17.9 Å². The first-order chi connectivity index (χ1) is 18.1. The molecular formula is C31H27NO4S. The van der Waals surface area contributed by atoms with Gasteiger partial charge in [0.2, 0.25) is 0 Å². The molecule has 5 nitrogen and oxygen atoms in total. The Morgan fingerprint density at radius 3 is 2.38 bits per heavy atom. The fourth-order valence-electron chi connectivity index (χ4n) is 5.40. The second-order valence-corrected chi connectivity index (χ2v) is 10.3. The van der Waals surface area contributed by atoms with Crippen molar-refractivity contribution in [2.75, 3.05) is 19.5 Å². The zero-order valence-corrected chi connectivity index (χ0v) is 21.5. The lowest BCUT2D eigenvalue weighted by Gasteiger charge is -2.36. The van der Waals surface area contributed by atoms with E-state index in [0.717, 1.165) is 46.0 Å². The molecule has 0 amide bonds. The van der Waals surface area contributed by atoms with E-state index < -0.39 is 0 Å². The van der Waals surface area contributed by atoms with Crippen molar-refractivity contribution < 1.29 is 19.0 Å². The van der Waals surface area contributed by atoms with Gasteiger partial charge in [0.05, 0.1) is 14.2 Å². The van der Waals surface area contributed by atoms with E-state index in [9.17, 15) is 4.79 Å². The summed E-state index contributed by atoms with van der Waals surface area (Å²) in [5, 5.41) is 5.67. The molecule has 0 saturated heterocycles. The number of hydrogen-bond acceptors (Lipinski definition) is 6. The molecule has 3 aromatic carbocycles. The van der Waals surface area contributed by atoms with Crippen molar-refractivity contribution in [2.24, 2.45) is 0 Å². The minimum absolute atomic E-state index is 0.173. The van der Waals surface area contributed by atoms with Gasteiger partial charge in [0.25, 0.3) is 0 Å². The molecule has 37 heavy (non-hydrogen) atoms. The van der Waals surface area contributed by atoms with Crippen LogP contribution in [0.25, 0.3) is 0 Å². The smallest absolute Gasteiger partial charge is 0.162 e. The highest BCUT2D eigenvalue weighted by molar-refractivity contribution is 7.10. The van der Waals surface area contributed by atoms with Crippen molar-refractivity contribution in [1.29, 1.82) is 0 Å². The van der Waals surface area contributed by atoms with Gasteiger partial charge in [-0.25, -0.2) is 0 Å². The fraction of sp³-hybridized carbons (Fsp3) is 0.194. The average molecular weight is 510 g/mol. The van der Waals surface area contributed by atoms with E-state index in [-0.39, 0.29) is 17.6 Å². The number of Topliss-reactive ketones (excluding diaryl/α,β-unsaturated/α-hetero) is 1. The Bertz CT molecular complexity index is 1480. The number of benzene rings is 3. The van der Waals surface area contributed by atoms with Crippen molar-refractivity contribution >= 4 is 22.8 Å². The van der Waals surface area contributed by atoms with Crippen LogP contribution in [-0.2, 0) is 4.79 Å². The van der Waals surface area contributed by atoms with Crippen LogP contribution in [0.15, 0.2) is 95.5 Å². The standard InChI is InChI=1S/C31H27NO4S/c1-34-27-17-23-24(18-28(27)35-2)32-25-15-20(29-12-7-13-37-29)16-26(33)31(25)30(23)19-8-6-11-22(14-19)36-21-9-4-3-5-10-21/h3-14,17-18,20,30,32H,15-16H2,1-2H3/t20-,30+/m1/s1. The Balaban J connectivity index is 1.47. The van der Waals surface area contributed by atoms with Crippen LogP contribution >= 0.6 is 11.3 Å². The van der Waals surface area contributed by atoms with Gasteiger partial charge in [-0.1, -0.05) is 36.4 Å². The van der Waals surface area contributed by atoms with E-state index in [4.69, 9.17) is 14.2 Å². The number of anilines is 1. The van der Waals surface area contributed by atoms with Gasteiger partial charge in [0.15, 0.2) is 17.3 Å². The predicted molar refractivity (Wildman–Crippen MR) is 146 cm³/mol. The number of thiophene rings is 1. The molecule has 0 radical (unpaired) electrons. The maximum Gasteiger partial charge on any atom is 0.162 e. The summed E-state index contributed by atoms with van der Waals surface area (Å²) < 4.78 is 17.4. The van der Waals surface area contributed by atoms with Gasteiger partial charge < -0.3 is 19.5 Å². The number of hydrogen-bond donors (Lipinski definition) is 1. The van der Waals surface area contributed by atoms with Crippen LogP contribution in [0.3, 0.4) is 0 Å². The highest BCUT2D eigenvalue weighted by atomic mass is 32.1. The molecule has 1 N–H and O–H groups in total. The lowest BCUT2D eigenvalue weighted by Crippen LogP contribution is -2.29. The molecule has 2 atom stereocenters. The van der Waals surface area contributed by atoms with Crippen LogP contribution in [-0.4, -0.2) is 20.0 Å². The second-order valence-electron chi connectivity index (χ2n) is 9.28. The van der Waals surface area contributed by atoms with Crippen molar-refractivity contribution in [1.82, 2.24) is 0 Å². The molecule has 0 unspecified atom stereocenters. The van der Waals surface area contributed by atoms with Crippen molar-refractivity contribution in [3.8, 4) is 23.0 Å². The number of para-hydroxylation sites is 1. The summed E-state index contributed by atoms with van der Waals surface area (Å²) in [6, 6.07) is 25.9. The maximum atomic E-state index is 13.8. The zero-order chi connectivity index (χ0) is 25.4. The van der Waals surface area contributed by atoms with Gasteiger partial charge >= 0.3 is 0 Å². The molecule has 2 heterocycles. The molecule has 0 spiro atoms. The number of carbonyl (C=O) groups excluding carboxylic acids is 1. The summed E-state index contributed by atoms with van der Waals surface area (Å²) in [7, 11) is 3.27. The third-order valence-corrected chi connectivity index (χ3v) is 8.10. The van der Waals surface area contributed by atoms with E-state index in [1.54, 1.807) is 25.6 Å². The minimum Gasteiger partial charge on any atom is -0.493 e. The summed E-state index contributed by atoms with van der Waals surface area (Å²) in [5.41, 5.74) is 4.71. The lowest BCUT2D eigenvalue weighted by atomic mass is 9.73. The van der Waals surface area contributed by atoms with Crippen LogP contribution in [0.4, 0.5) is 5.69 Å². The van der Waals surface area contributed by atoms with E-state index in [1.165, 1.54) is 4.88 Å². The summed E-state index contributed by atoms with van der Waals surface area (Å²) >= 11 is 1.71. The molecule has 1 aliphatic heterocycles. The summed E-state index contributed by atoms with van der Waals surface area (Å²) in [5.74, 6) is 2.88. The first kappa shape index (κ1) is 23.4. The van der Waals surface area contributed by atoms with Crippen LogP contribution in [0, 0.1) is 0 Å². The Hall–Kier alpha value is -4.03. The number of carbonyl (C=O) groups is 1. The number of nitrogens with one attached hydrogen (secondary N) is 1. The maximum absolute atomic E-state index is 13.8. The normalized spacial score (nSPS) is 18.5. The monoisotopic (exact) mass is 509 g/mol. The third kappa shape index (κ3) is 4.38. The van der Waals surface area contributed by atoms with Gasteiger partial charge in [-0.15, -0.1) is 11.3 Å². The second kappa shape index (κ2) is 9.79. The molecule has 186 valence electrons. The van der Waals surface area contributed by atoms with Gasteiger partial charge in [-0.2, -0.15) is 0 Å². The number of allylic oxidation sites excluding steroid dienone is 2. The van der Waals surface area contributed by atoms with Crippen molar-refractivity contribution in [2.45, 2.75) is 24.7 Å². The Morgan fingerprint density at radius 1 is 0.838 bits per heavy atom. The summed E-state index contributed by atoms with van der Waals surface area (Å²) in [6.07, 6.45) is 1.28. The molecule has 1 aromatic heterocycles. The van der Waals surface area contributed by atoms with Gasteiger partial charge in [-0.3, -0.25) is 4.79 Å². The molecule has 0 fully saturated rings. The number of ether oxygens (including phenoxy) is 3. The Morgan fingerprint density at radius 2 is 1.62 bits per heavy atom. The topological polar surface area (TPSA) is 56.8 Å². The molecule has 4 aromatic rings. The summed E-state index contributed by atoms with van der Waals surface area (Å²) in [6.45, 7) is 0. The van der Waals surface area contributed by atoms with E-state index in [1.807, 2.05) is 60.7 Å². The van der Waals surface area contributed by atoms with E-state index in [2.05, 4.69) is 28.9 Å². The lowest BCUT2D eigenvalue weighted by molar-refractivity contribution is -0.116. The first-order valence-corrected chi connectivity index (χ1v) is 13.2. The molecule has 1 aliphatic carbocycles. The Labute approximate surface area is 220 Å². The van der Waals surface area contributed by atoms with Crippen molar-refractivity contribution in [3.05, 3.63) is 112 Å². The first-order valence-electron chi connectivity index (χ1n) is 12.3. The van der Waals surface area contributed by atoms with Gasteiger partial charge in [-0.05, 0) is 59.3 Å². The average Bonchev–Trinajstić information content (AvgIpc) is 3.47. The van der Waals surface area contributed by atoms with Crippen LogP contribution in [0.2, 0.25) is 0 Å². The van der Waals surface area contributed by atoms with E-state index >= 15 is 0 Å². The fourth-order valence-corrected chi connectivity index (χ4v) is 6.23. The predicted octanol–water partition coefficient (Wildman–Crippen LogP) is 7.52.